The number of nitrogens with two attached hydrogens (primary N) is 1. The number of nitrogens with one attached hydrogen (secondary N) is 1. The smallest absolute Gasteiger partial charge is 0.237 e. The van der Waals surface area contributed by atoms with E-state index in [1.165, 1.54) is 12.8 Å². The highest BCUT2D eigenvalue weighted by atomic mass is 35.5. The highest BCUT2D eigenvalue weighted by Gasteiger charge is 2.29. The van der Waals surface area contributed by atoms with Gasteiger partial charge in [0.15, 0.2) is 0 Å². The molecule has 0 bridgehead atoms. The summed E-state index contributed by atoms with van der Waals surface area (Å²) in [5, 5.41) is 2.93. The lowest BCUT2D eigenvalue weighted by Crippen LogP contribution is -2.50. The van der Waals surface area contributed by atoms with Gasteiger partial charge in [0.2, 0.25) is 5.91 Å². The number of rotatable bonds is 6. The summed E-state index contributed by atoms with van der Waals surface area (Å²) >= 11 is 0. The molecule has 1 aliphatic rings. The molecular weight excluding hydrogens is 285 g/mol. The van der Waals surface area contributed by atoms with Gasteiger partial charge in [0, 0.05) is 19.1 Å². The zero-order chi connectivity index (χ0) is 13.1. The fourth-order valence-electron chi connectivity index (χ4n) is 1.86. The topological polar surface area (TPSA) is 58.4 Å². The summed E-state index contributed by atoms with van der Waals surface area (Å²) in [5.41, 5.74) is 5.71. The largest absolute Gasteiger partial charge is 0.353 e. The third kappa shape index (κ3) is 7.35. The molecule has 6 heteroatoms. The van der Waals surface area contributed by atoms with E-state index < -0.39 is 6.04 Å². The van der Waals surface area contributed by atoms with Crippen LogP contribution in [0.1, 0.15) is 40.5 Å². The minimum Gasteiger partial charge on any atom is -0.353 e. The lowest BCUT2D eigenvalue weighted by Gasteiger charge is -2.26. The maximum Gasteiger partial charge on any atom is 0.237 e. The Morgan fingerprint density at radius 3 is 2.26 bits per heavy atom. The summed E-state index contributed by atoms with van der Waals surface area (Å²) in [6, 6.07) is 0.326. The fraction of sp³-hybridized carbons (Fsp3) is 0.923. The van der Waals surface area contributed by atoms with E-state index in [0.29, 0.717) is 6.54 Å². The molecule has 19 heavy (non-hydrogen) atoms. The van der Waals surface area contributed by atoms with Crippen molar-refractivity contribution in [1.82, 2.24) is 10.2 Å². The summed E-state index contributed by atoms with van der Waals surface area (Å²) in [4.78, 5) is 14.2. The van der Waals surface area contributed by atoms with Gasteiger partial charge in [-0.25, -0.2) is 0 Å². The second-order valence-corrected chi connectivity index (χ2v) is 5.99. The molecule has 0 aromatic heterocycles. The Morgan fingerprint density at radius 1 is 1.37 bits per heavy atom. The molecule has 1 rings (SSSR count). The first-order valence-electron chi connectivity index (χ1n) is 6.63. The van der Waals surface area contributed by atoms with Gasteiger partial charge in [0.25, 0.3) is 0 Å². The van der Waals surface area contributed by atoms with Crippen molar-refractivity contribution in [3.05, 3.63) is 0 Å². The van der Waals surface area contributed by atoms with E-state index in [2.05, 4.69) is 17.1 Å². The number of carbonyl (C=O) groups is 1. The molecule has 0 spiro atoms. The minimum atomic E-state index is -0.432. The van der Waals surface area contributed by atoms with Crippen LogP contribution in [0, 0.1) is 5.41 Å². The number of halogens is 2. The number of hydrogen-bond donors (Lipinski definition) is 2. The predicted molar refractivity (Wildman–Crippen MR) is 85.2 cm³/mol. The van der Waals surface area contributed by atoms with Gasteiger partial charge in [-0.2, -0.15) is 0 Å². The van der Waals surface area contributed by atoms with Crippen molar-refractivity contribution >= 4 is 30.7 Å². The van der Waals surface area contributed by atoms with Crippen molar-refractivity contribution in [2.45, 2.75) is 52.6 Å². The molecule has 3 N–H and O–H groups in total. The van der Waals surface area contributed by atoms with Gasteiger partial charge in [0.1, 0.15) is 0 Å². The zero-order valence-corrected chi connectivity index (χ0v) is 14.1. The van der Waals surface area contributed by atoms with Crippen LogP contribution in [0.5, 0.6) is 0 Å². The molecule has 1 amide bonds. The first-order chi connectivity index (χ1) is 7.86. The quantitative estimate of drug-likeness (QED) is 0.786. The van der Waals surface area contributed by atoms with Crippen molar-refractivity contribution in [3.63, 3.8) is 0 Å². The van der Waals surface area contributed by atoms with E-state index in [9.17, 15) is 4.79 Å². The molecule has 0 saturated heterocycles. The third-order valence-corrected chi connectivity index (χ3v) is 3.38. The molecule has 0 heterocycles. The molecule has 0 aromatic carbocycles. The molecule has 1 fully saturated rings. The number of amides is 1. The van der Waals surface area contributed by atoms with Gasteiger partial charge in [-0.05, 0) is 24.8 Å². The molecule has 1 saturated carbocycles. The Hall–Kier alpha value is -0.0300. The average Bonchev–Trinajstić information content (AvgIpc) is 3.05. The summed E-state index contributed by atoms with van der Waals surface area (Å²) in [6.45, 7) is 10.8. The molecule has 116 valence electrons. The van der Waals surface area contributed by atoms with Gasteiger partial charge in [-0.15, -0.1) is 24.8 Å². The maximum atomic E-state index is 11.8. The van der Waals surface area contributed by atoms with E-state index in [0.717, 1.165) is 19.1 Å². The van der Waals surface area contributed by atoms with Crippen molar-refractivity contribution in [1.29, 1.82) is 0 Å². The van der Waals surface area contributed by atoms with Crippen LogP contribution in [0.15, 0.2) is 0 Å². The second kappa shape index (κ2) is 9.01. The van der Waals surface area contributed by atoms with Gasteiger partial charge in [-0.3, -0.25) is 9.69 Å². The van der Waals surface area contributed by atoms with E-state index in [-0.39, 0.29) is 36.1 Å². The molecule has 0 radical (unpaired) electrons. The summed E-state index contributed by atoms with van der Waals surface area (Å²) in [7, 11) is 0. The Bertz CT molecular complexity index is 265. The highest BCUT2D eigenvalue weighted by molar-refractivity contribution is 5.85. The van der Waals surface area contributed by atoms with Gasteiger partial charge < -0.3 is 11.1 Å². The van der Waals surface area contributed by atoms with Crippen molar-refractivity contribution in [2.75, 3.05) is 19.6 Å². The molecule has 0 aliphatic heterocycles. The highest BCUT2D eigenvalue weighted by Crippen LogP contribution is 2.25. The molecular formula is C13H29Cl2N3O. The van der Waals surface area contributed by atoms with Gasteiger partial charge in [-0.1, -0.05) is 27.7 Å². The first kappa shape index (κ1) is 21.3. The minimum absolute atomic E-state index is 0. The molecule has 4 nitrogen and oxygen atoms in total. The lowest BCUT2D eigenvalue weighted by atomic mass is 9.87. The molecule has 0 aromatic rings. The van der Waals surface area contributed by atoms with Crippen LogP contribution in [0.2, 0.25) is 0 Å². The molecule has 1 aliphatic carbocycles. The third-order valence-electron chi connectivity index (χ3n) is 3.38. The summed E-state index contributed by atoms with van der Waals surface area (Å²) in [6.07, 6.45) is 2.62. The van der Waals surface area contributed by atoms with Crippen LogP contribution in [0.4, 0.5) is 0 Å². The Kier molecular flexibility index (Phi) is 10.1. The standard InChI is InChI=1S/C13H27N3O.2ClH/c1-5-16(10-6-7-10)9-8-15-12(17)11(14)13(2,3)4;;/h10-11H,5-9,14H2,1-4H3,(H,15,17);2*1H/t11-;;/m1../s1. The van der Waals surface area contributed by atoms with Crippen molar-refractivity contribution in [2.24, 2.45) is 11.1 Å². The normalized spacial score (nSPS) is 16.3. The van der Waals surface area contributed by atoms with Crippen molar-refractivity contribution < 1.29 is 4.79 Å². The van der Waals surface area contributed by atoms with Gasteiger partial charge >= 0.3 is 0 Å². The van der Waals surface area contributed by atoms with Crippen LogP contribution in [0.25, 0.3) is 0 Å². The van der Waals surface area contributed by atoms with E-state index >= 15 is 0 Å². The fourth-order valence-corrected chi connectivity index (χ4v) is 1.86. The molecule has 0 unspecified atom stereocenters. The van der Waals surface area contributed by atoms with E-state index in [4.69, 9.17) is 5.73 Å². The predicted octanol–water partition coefficient (Wildman–Crippen LogP) is 1.80. The Morgan fingerprint density at radius 2 is 1.89 bits per heavy atom. The summed E-state index contributed by atoms with van der Waals surface area (Å²) in [5.74, 6) is -0.0376. The Labute approximate surface area is 129 Å². The van der Waals surface area contributed by atoms with E-state index in [1.807, 2.05) is 20.8 Å². The average molecular weight is 314 g/mol. The van der Waals surface area contributed by atoms with Crippen LogP contribution in [-0.4, -0.2) is 42.5 Å². The monoisotopic (exact) mass is 313 g/mol. The van der Waals surface area contributed by atoms with E-state index in [1.54, 1.807) is 0 Å². The van der Waals surface area contributed by atoms with Crippen LogP contribution in [-0.2, 0) is 4.79 Å². The Balaban J connectivity index is 0. The van der Waals surface area contributed by atoms with Crippen molar-refractivity contribution in [3.8, 4) is 0 Å². The lowest BCUT2D eigenvalue weighted by molar-refractivity contribution is -0.124. The summed E-state index contributed by atoms with van der Waals surface area (Å²) < 4.78 is 0. The number of nitrogens with zero attached hydrogens (tertiary/aromatic N) is 1. The number of likely N-dealkylation sites (N-methyl/N-ethyl adjacent to an activating group) is 1. The van der Waals surface area contributed by atoms with Gasteiger partial charge in [0.05, 0.1) is 6.04 Å². The number of hydrogen-bond acceptors (Lipinski definition) is 3. The maximum absolute atomic E-state index is 11.8. The second-order valence-electron chi connectivity index (χ2n) is 5.99. The first-order valence-corrected chi connectivity index (χ1v) is 6.63. The van der Waals surface area contributed by atoms with Crippen LogP contribution < -0.4 is 11.1 Å². The molecule has 1 atom stereocenters. The van der Waals surface area contributed by atoms with Crippen LogP contribution in [0.3, 0.4) is 0 Å². The SMILES string of the molecule is CCN(CCNC(=O)[C@@H](N)C(C)(C)C)C1CC1.Cl.Cl. The van der Waals surface area contributed by atoms with Crippen LogP contribution >= 0.6 is 24.8 Å². The number of carbonyl (C=O) groups excluding carboxylic acids is 1. The zero-order valence-electron chi connectivity index (χ0n) is 12.4.